The molecule has 0 fully saturated rings. The largest absolute Gasteiger partial charge is 0.388 e. The second-order valence-corrected chi connectivity index (χ2v) is 7.87. The van der Waals surface area contributed by atoms with Gasteiger partial charge in [0.05, 0.1) is 6.20 Å². The van der Waals surface area contributed by atoms with Crippen molar-refractivity contribution in [3.05, 3.63) is 76.6 Å². The molecule has 2 aromatic heterocycles. The van der Waals surface area contributed by atoms with E-state index in [0.717, 1.165) is 21.7 Å². The Morgan fingerprint density at radius 1 is 1.23 bits per heavy atom. The first-order valence-corrected chi connectivity index (χ1v) is 10.5. The number of aryl methyl sites for hydroxylation is 1. The lowest BCUT2D eigenvalue weighted by Crippen LogP contribution is -2.27. The number of benzene rings is 2. The molecule has 1 unspecified atom stereocenters. The number of aliphatic hydroxyl groups excluding tert-OH is 1. The van der Waals surface area contributed by atoms with Crippen molar-refractivity contribution >= 4 is 34.9 Å². The van der Waals surface area contributed by atoms with Crippen LogP contribution in [0.25, 0.3) is 16.8 Å². The average Bonchev–Trinajstić information content (AvgIpc) is 3.23. The van der Waals surface area contributed by atoms with E-state index in [9.17, 15) is 24.5 Å². The molecular weight excluding hydrogens is 481 g/mol. The van der Waals surface area contributed by atoms with Gasteiger partial charge in [0, 0.05) is 18.3 Å². The van der Waals surface area contributed by atoms with Crippen molar-refractivity contribution in [2.45, 2.75) is 19.0 Å². The Morgan fingerprint density at radius 2 is 1.94 bits per heavy atom. The molecule has 4 aromatic rings. The zero-order valence-corrected chi connectivity index (χ0v) is 19.4. The van der Waals surface area contributed by atoms with Crippen molar-refractivity contribution in [1.29, 1.82) is 0 Å². The number of aldehydes is 1. The molecule has 7 N–H and O–H groups in total. The molecule has 2 aromatic carbocycles. The first-order valence-electron chi connectivity index (χ1n) is 10.2. The molecule has 12 heteroatoms. The Kier molecular flexibility index (Phi) is 7.68. The second-order valence-electron chi connectivity index (χ2n) is 7.49. The summed E-state index contributed by atoms with van der Waals surface area (Å²) in [7, 11) is 1.80. The number of anilines is 2. The van der Waals surface area contributed by atoms with Crippen LogP contribution in [0, 0.1) is 12.7 Å². The molecule has 184 valence electrons. The standard InChI is InChI=1S/C15H16ClN5O3.C8H7FO2/c1-7-5-8(18-2)3-4-9(7)11-12-13(17)19-6-10(16)21(12)14(20-11)15(22,23)24;9-7-3-1-2-6(4-7)8(11)5-10/h3-6,18,22-24H,1-2H3,(H2,17,19);1-5,8,11H. The molecule has 0 aliphatic heterocycles. The van der Waals surface area contributed by atoms with E-state index < -0.39 is 23.7 Å². The van der Waals surface area contributed by atoms with E-state index in [-0.39, 0.29) is 22.1 Å². The highest BCUT2D eigenvalue weighted by Crippen LogP contribution is 2.35. The van der Waals surface area contributed by atoms with E-state index in [2.05, 4.69) is 15.3 Å². The van der Waals surface area contributed by atoms with E-state index >= 15 is 0 Å². The maximum absolute atomic E-state index is 12.4. The predicted octanol–water partition coefficient (Wildman–Crippen LogP) is 2.13. The van der Waals surface area contributed by atoms with Gasteiger partial charge in [0.25, 0.3) is 0 Å². The summed E-state index contributed by atoms with van der Waals surface area (Å²) >= 11 is 6.09. The smallest absolute Gasteiger partial charge is 0.339 e. The van der Waals surface area contributed by atoms with Crippen molar-refractivity contribution in [3.63, 3.8) is 0 Å². The number of imidazole rings is 1. The number of halogens is 2. The van der Waals surface area contributed by atoms with Crippen LogP contribution in [0.15, 0.2) is 48.7 Å². The van der Waals surface area contributed by atoms with Gasteiger partial charge < -0.3 is 36.3 Å². The number of nitrogens with one attached hydrogen (secondary N) is 1. The lowest BCUT2D eigenvalue weighted by atomic mass is 10.0. The summed E-state index contributed by atoms with van der Waals surface area (Å²) in [6, 6.07) is 10.9. The summed E-state index contributed by atoms with van der Waals surface area (Å²) < 4.78 is 13.6. The molecule has 0 bridgehead atoms. The van der Waals surface area contributed by atoms with Crippen LogP contribution in [0.3, 0.4) is 0 Å². The lowest BCUT2D eigenvalue weighted by Gasteiger charge is -2.13. The number of fused-ring (bicyclic) bond motifs is 1. The maximum atomic E-state index is 12.4. The maximum Gasteiger partial charge on any atom is 0.339 e. The fraction of sp³-hybridized carbons (Fsp3) is 0.174. The highest BCUT2D eigenvalue weighted by molar-refractivity contribution is 6.30. The number of carbonyl (C=O) groups excluding carboxylic acids is 1. The normalized spacial score (nSPS) is 12.1. The molecule has 0 saturated heterocycles. The fourth-order valence-corrected chi connectivity index (χ4v) is 3.59. The minimum absolute atomic E-state index is 0.0268. The first-order chi connectivity index (χ1) is 16.5. The average molecular weight is 504 g/mol. The van der Waals surface area contributed by atoms with Crippen LogP contribution in [-0.4, -0.2) is 48.1 Å². The Morgan fingerprint density at radius 3 is 2.51 bits per heavy atom. The molecule has 0 radical (unpaired) electrons. The van der Waals surface area contributed by atoms with Crippen LogP contribution in [-0.2, 0) is 10.8 Å². The highest BCUT2D eigenvalue weighted by atomic mass is 35.5. The third-order valence-corrected chi connectivity index (χ3v) is 5.30. The van der Waals surface area contributed by atoms with Gasteiger partial charge in [0.15, 0.2) is 6.29 Å². The summed E-state index contributed by atoms with van der Waals surface area (Å²) in [6.45, 7) is 1.87. The van der Waals surface area contributed by atoms with Crippen LogP contribution >= 0.6 is 11.6 Å². The van der Waals surface area contributed by atoms with E-state index in [4.69, 9.17) is 22.4 Å². The minimum Gasteiger partial charge on any atom is -0.388 e. The number of nitrogen functional groups attached to an aromatic ring is 1. The zero-order chi connectivity index (χ0) is 25.9. The molecular formula is C23H23ClFN5O5. The van der Waals surface area contributed by atoms with Gasteiger partial charge in [-0.05, 0) is 42.3 Å². The highest BCUT2D eigenvalue weighted by Gasteiger charge is 2.32. The van der Waals surface area contributed by atoms with Gasteiger partial charge in [-0.3, -0.25) is 4.40 Å². The van der Waals surface area contributed by atoms with Crippen molar-refractivity contribution in [1.82, 2.24) is 14.4 Å². The number of hydrogen-bond donors (Lipinski definition) is 6. The lowest BCUT2D eigenvalue weighted by molar-refractivity contribution is -0.329. The summed E-state index contributed by atoms with van der Waals surface area (Å²) in [5, 5.41) is 40.8. The number of hydrogen-bond acceptors (Lipinski definition) is 9. The van der Waals surface area contributed by atoms with E-state index in [1.54, 1.807) is 13.1 Å². The summed E-state index contributed by atoms with van der Waals surface area (Å²) in [5.41, 5.74) is 9.29. The topological polar surface area (TPSA) is 166 Å². The van der Waals surface area contributed by atoms with Crippen LogP contribution in [0.1, 0.15) is 23.1 Å². The fourth-order valence-electron chi connectivity index (χ4n) is 3.37. The molecule has 1 atom stereocenters. The third kappa shape index (κ3) is 5.56. The van der Waals surface area contributed by atoms with E-state index in [1.165, 1.54) is 24.4 Å². The molecule has 0 aliphatic carbocycles. The molecule has 0 amide bonds. The van der Waals surface area contributed by atoms with Crippen LogP contribution in [0.2, 0.25) is 5.15 Å². The number of aromatic nitrogens is 3. The number of carbonyl (C=O) groups is 1. The third-order valence-electron chi connectivity index (χ3n) is 5.03. The zero-order valence-electron chi connectivity index (χ0n) is 18.6. The molecule has 35 heavy (non-hydrogen) atoms. The molecule has 10 nitrogen and oxygen atoms in total. The monoisotopic (exact) mass is 503 g/mol. The van der Waals surface area contributed by atoms with Gasteiger partial charge in [-0.1, -0.05) is 29.8 Å². The van der Waals surface area contributed by atoms with Gasteiger partial charge in [0.2, 0.25) is 5.82 Å². The molecule has 2 heterocycles. The van der Waals surface area contributed by atoms with Crippen molar-refractivity contribution in [2.24, 2.45) is 0 Å². The SMILES string of the molecule is CNc1ccc(-c2nc(C(O)(O)O)n3c(Cl)cnc(N)c23)c(C)c1.O=CC(O)c1cccc(F)c1. The Hall–Kier alpha value is -3.61. The molecule has 4 rings (SSSR count). The molecule has 0 saturated carbocycles. The minimum atomic E-state index is -3.18. The van der Waals surface area contributed by atoms with Crippen LogP contribution in [0.4, 0.5) is 15.9 Å². The number of nitrogens with two attached hydrogens (primary N) is 1. The predicted molar refractivity (Wildman–Crippen MR) is 128 cm³/mol. The van der Waals surface area contributed by atoms with Crippen molar-refractivity contribution in [3.8, 4) is 11.3 Å². The summed E-state index contributed by atoms with van der Waals surface area (Å²) in [6.07, 6.45) is 0.377. The number of nitrogens with zero attached hydrogens (tertiary/aromatic N) is 3. The Bertz CT molecular complexity index is 1370. The van der Waals surface area contributed by atoms with Crippen molar-refractivity contribution < 1.29 is 29.6 Å². The van der Waals surface area contributed by atoms with Gasteiger partial charge in [-0.2, -0.15) is 0 Å². The van der Waals surface area contributed by atoms with Crippen molar-refractivity contribution in [2.75, 3.05) is 18.1 Å². The Balaban J connectivity index is 0.000000261. The van der Waals surface area contributed by atoms with Crippen LogP contribution in [0.5, 0.6) is 0 Å². The Labute approximate surface area is 204 Å². The van der Waals surface area contributed by atoms with Gasteiger partial charge in [-0.15, -0.1) is 0 Å². The second kappa shape index (κ2) is 10.3. The van der Waals surface area contributed by atoms with E-state index in [1.807, 2.05) is 19.1 Å². The van der Waals surface area contributed by atoms with Gasteiger partial charge in [-0.25, -0.2) is 14.4 Å². The molecule has 0 aliphatic rings. The summed E-state index contributed by atoms with van der Waals surface area (Å²) in [5.74, 6) is -4.01. The van der Waals surface area contributed by atoms with Gasteiger partial charge >= 0.3 is 5.97 Å². The molecule has 0 spiro atoms. The number of aliphatic hydroxyl groups is 4. The first kappa shape index (κ1) is 26.0. The van der Waals surface area contributed by atoms with E-state index in [0.29, 0.717) is 17.5 Å². The number of rotatable bonds is 5. The van der Waals surface area contributed by atoms with Gasteiger partial charge in [0.1, 0.15) is 34.1 Å². The summed E-state index contributed by atoms with van der Waals surface area (Å²) in [4.78, 5) is 18.2. The van der Waals surface area contributed by atoms with Crippen LogP contribution < -0.4 is 11.1 Å². The quantitative estimate of drug-likeness (QED) is 0.176.